The lowest BCUT2D eigenvalue weighted by Gasteiger charge is -2.32. The highest BCUT2D eigenvalue weighted by molar-refractivity contribution is 14.0. The molecular formula is C22H37IN6O2. The molecule has 2 rings (SSSR count). The van der Waals surface area contributed by atoms with Crippen molar-refractivity contribution in [3.8, 4) is 0 Å². The van der Waals surface area contributed by atoms with Crippen molar-refractivity contribution in [3.05, 3.63) is 35.4 Å². The second-order valence-electron chi connectivity index (χ2n) is 7.78. The minimum atomic E-state index is 0. The zero-order valence-electron chi connectivity index (χ0n) is 19.1. The van der Waals surface area contributed by atoms with Crippen LogP contribution in [0.3, 0.4) is 0 Å². The third-order valence-electron chi connectivity index (χ3n) is 5.17. The number of rotatable bonds is 8. The normalized spacial score (nSPS) is 15.0. The number of amides is 2. The van der Waals surface area contributed by atoms with Gasteiger partial charge >= 0.3 is 0 Å². The van der Waals surface area contributed by atoms with Gasteiger partial charge in [-0.1, -0.05) is 12.1 Å². The maximum atomic E-state index is 12.1. The van der Waals surface area contributed by atoms with E-state index in [4.69, 9.17) is 4.99 Å². The first-order chi connectivity index (χ1) is 14.4. The van der Waals surface area contributed by atoms with Crippen LogP contribution in [-0.4, -0.2) is 87.5 Å². The van der Waals surface area contributed by atoms with Crippen LogP contribution in [0.25, 0.3) is 0 Å². The Morgan fingerprint density at radius 1 is 1.23 bits per heavy atom. The monoisotopic (exact) mass is 544 g/mol. The van der Waals surface area contributed by atoms with E-state index < -0.39 is 0 Å². The summed E-state index contributed by atoms with van der Waals surface area (Å²) in [6.45, 7) is 5.76. The van der Waals surface area contributed by atoms with Crippen molar-refractivity contribution in [1.82, 2.24) is 25.8 Å². The number of halogens is 1. The number of likely N-dealkylation sites (N-methyl/N-ethyl adjacent to an activating group) is 1. The number of aliphatic imine (C=N–C) groups is 1. The minimum Gasteiger partial charge on any atom is -0.358 e. The van der Waals surface area contributed by atoms with E-state index in [0.29, 0.717) is 24.7 Å². The largest absolute Gasteiger partial charge is 0.358 e. The Morgan fingerprint density at radius 2 is 1.94 bits per heavy atom. The number of nitrogens with one attached hydrogen (secondary N) is 3. The topological polar surface area (TPSA) is 89.1 Å². The Morgan fingerprint density at radius 3 is 2.55 bits per heavy atom. The van der Waals surface area contributed by atoms with E-state index in [1.54, 1.807) is 26.0 Å². The van der Waals surface area contributed by atoms with Gasteiger partial charge in [0, 0.05) is 58.9 Å². The van der Waals surface area contributed by atoms with Crippen molar-refractivity contribution in [1.29, 1.82) is 0 Å². The molecule has 0 aliphatic carbocycles. The second-order valence-corrected chi connectivity index (χ2v) is 7.78. The molecule has 174 valence electrons. The van der Waals surface area contributed by atoms with Crippen molar-refractivity contribution in [2.75, 3.05) is 53.9 Å². The molecule has 1 aliphatic heterocycles. The van der Waals surface area contributed by atoms with E-state index in [-0.39, 0.29) is 35.8 Å². The molecular weight excluding hydrogens is 507 g/mol. The van der Waals surface area contributed by atoms with Gasteiger partial charge in [0.25, 0.3) is 5.91 Å². The fraction of sp³-hybridized carbons (Fsp3) is 0.591. The number of benzene rings is 1. The number of carbonyl (C=O) groups excluding carboxylic acids is 2. The Hall–Kier alpha value is -1.88. The van der Waals surface area contributed by atoms with Crippen molar-refractivity contribution in [2.24, 2.45) is 4.99 Å². The standard InChI is InChI=1S/C22H36N6O2.HI/c1-5-24-22(26-19-10-13-28(14-11-19)16-20(29)23-2)25-12-9-17-7-6-8-18(15-17)21(30)27(3)4;/h6-8,15,19H,5,9-14,16H2,1-4H3,(H,23,29)(H2,24,25,26);1H. The molecule has 0 radical (unpaired) electrons. The molecule has 0 aromatic heterocycles. The number of hydrogen-bond acceptors (Lipinski definition) is 4. The van der Waals surface area contributed by atoms with Crippen molar-refractivity contribution in [2.45, 2.75) is 32.2 Å². The van der Waals surface area contributed by atoms with Crippen LogP contribution in [0.1, 0.15) is 35.7 Å². The molecule has 1 aliphatic rings. The predicted octanol–water partition coefficient (Wildman–Crippen LogP) is 1.31. The molecule has 0 atom stereocenters. The van der Waals surface area contributed by atoms with Gasteiger partial charge in [-0.25, -0.2) is 0 Å². The summed E-state index contributed by atoms with van der Waals surface area (Å²) in [4.78, 5) is 32.2. The Balaban J connectivity index is 0.00000480. The molecule has 8 nitrogen and oxygen atoms in total. The lowest BCUT2D eigenvalue weighted by Crippen LogP contribution is -2.50. The highest BCUT2D eigenvalue weighted by Gasteiger charge is 2.21. The van der Waals surface area contributed by atoms with Crippen molar-refractivity contribution >= 4 is 41.8 Å². The molecule has 31 heavy (non-hydrogen) atoms. The number of carbonyl (C=O) groups is 2. The molecule has 1 fully saturated rings. The third-order valence-corrected chi connectivity index (χ3v) is 5.17. The summed E-state index contributed by atoms with van der Waals surface area (Å²) in [5.74, 6) is 0.897. The Kier molecular flexibility index (Phi) is 12.5. The number of guanidine groups is 1. The molecule has 1 aromatic rings. The van der Waals surface area contributed by atoms with E-state index in [9.17, 15) is 9.59 Å². The average molecular weight is 544 g/mol. The molecule has 1 aromatic carbocycles. The zero-order valence-corrected chi connectivity index (χ0v) is 21.4. The van der Waals surface area contributed by atoms with Crippen LogP contribution in [0.4, 0.5) is 0 Å². The number of nitrogens with zero attached hydrogens (tertiary/aromatic N) is 3. The zero-order chi connectivity index (χ0) is 21.9. The summed E-state index contributed by atoms with van der Waals surface area (Å²) < 4.78 is 0. The van der Waals surface area contributed by atoms with Crippen LogP contribution >= 0.6 is 24.0 Å². The van der Waals surface area contributed by atoms with Gasteiger partial charge in [0.1, 0.15) is 0 Å². The first-order valence-corrected chi connectivity index (χ1v) is 10.7. The molecule has 3 N–H and O–H groups in total. The predicted molar refractivity (Wildman–Crippen MR) is 136 cm³/mol. The fourth-order valence-electron chi connectivity index (χ4n) is 3.45. The van der Waals surface area contributed by atoms with E-state index >= 15 is 0 Å². The number of likely N-dealkylation sites (tertiary alicyclic amines) is 1. The summed E-state index contributed by atoms with van der Waals surface area (Å²) in [6, 6.07) is 8.10. The molecule has 2 amide bonds. The molecule has 0 bridgehead atoms. The molecule has 0 saturated carbocycles. The fourth-order valence-corrected chi connectivity index (χ4v) is 3.45. The highest BCUT2D eigenvalue weighted by Crippen LogP contribution is 2.10. The lowest BCUT2D eigenvalue weighted by molar-refractivity contribution is -0.122. The first kappa shape index (κ1) is 27.2. The maximum Gasteiger partial charge on any atom is 0.253 e. The van der Waals surface area contributed by atoms with Crippen LogP contribution < -0.4 is 16.0 Å². The van der Waals surface area contributed by atoms with Gasteiger partial charge in [-0.05, 0) is 43.9 Å². The molecule has 9 heteroatoms. The smallest absolute Gasteiger partial charge is 0.253 e. The Labute approximate surface area is 203 Å². The molecule has 1 saturated heterocycles. The summed E-state index contributed by atoms with van der Waals surface area (Å²) in [5.41, 5.74) is 1.81. The van der Waals surface area contributed by atoms with Gasteiger partial charge in [0.15, 0.2) is 5.96 Å². The highest BCUT2D eigenvalue weighted by atomic mass is 127. The molecule has 1 heterocycles. The number of hydrogen-bond donors (Lipinski definition) is 3. The third kappa shape index (κ3) is 9.42. The van der Waals surface area contributed by atoms with Gasteiger partial charge in [0.2, 0.25) is 5.91 Å². The van der Waals surface area contributed by atoms with E-state index in [1.807, 2.05) is 24.3 Å². The van der Waals surface area contributed by atoms with Crippen molar-refractivity contribution in [3.63, 3.8) is 0 Å². The van der Waals surface area contributed by atoms with Gasteiger partial charge in [-0.15, -0.1) is 24.0 Å². The van der Waals surface area contributed by atoms with Crippen LogP contribution in [0.5, 0.6) is 0 Å². The van der Waals surface area contributed by atoms with Gasteiger partial charge in [-0.3, -0.25) is 19.5 Å². The van der Waals surface area contributed by atoms with E-state index in [1.165, 1.54) is 0 Å². The van der Waals surface area contributed by atoms with Crippen molar-refractivity contribution < 1.29 is 9.59 Å². The lowest BCUT2D eigenvalue weighted by atomic mass is 10.1. The maximum absolute atomic E-state index is 12.1. The van der Waals surface area contributed by atoms with E-state index in [0.717, 1.165) is 50.4 Å². The summed E-state index contributed by atoms with van der Waals surface area (Å²) in [5, 5.41) is 9.52. The molecule has 0 spiro atoms. The quantitative estimate of drug-likeness (QED) is 0.261. The SMILES string of the molecule is CCNC(=NCCc1cccc(C(=O)N(C)C)c1)NC1CCN(CC(=O)NC)CC1.I. The Bertz CT molecular complexity index is 732. The van der Waals surface area contributed by atoms with Crippen LogP contribution in [-0.2, 0) is 11.2 Å². The molecule has 0 unspecified atom stereocenters. The van der Waals surface area contributed by atoms with E-state index in [2.05, 4.69) is 27.8 Å². The second kappa shape index (κ2) is 14.2. The average Bonchev–Trinajstić information content (AvgIpc) is 2.74. The minimum absolute atomic E-state index is 0. The van der Waals surface area contributed by atoms with Crippen LogP contribution in [0.2, 0.25) is 0 Å². The summed E-state index contributed by atoms with van der Waals surface area (Å²) >= 11 is 0. The summed E-state index contributed by atoms with van der Waals surface area (Å²) in [6.07, 6.45) is 2.74. The van der Waals surface area contributed by atoms with Crippen LogP contribution in [0, 0.1) is 0 Å². The van der Waals surface area contributed by atoms with Crippen LogP contribution in [0.15, 0.2) is 29.3 Å². The first-order valence-electron chi connectivity index (χ1n) is 10.7. The van der Waals surface area contributed by atoms with Gasteiger partial charge < -0.3 is 20.9 Å². The summed E-state index contributed by atoms with van der Waals surface area (Å²) in [7, 11) is 5.19. The number of piperidine rings is 1. The van der Waals surface area contributed by atoms with Gasteiger partial charge in [0.05, 0.1) is 6.54 Å². The van der Waals surface area contributed by atoms with Gasteiger partial charge in [-0.2, -0.15) is 0 Å².